The maximum atomic E-state index is 13.8. The van der Waals surface area contributed by atoms with Crippen LogP contribution in [0.2, 0.25) is 0 Å². The summed E-state index contributed by atoms with van der Waals surface area (Å²) in [6.45, 7) is 2.89. The number of hydrogen-bond donors (Lipinski definition) is 3. The molecule has 5 rings (SSSR count). The van der Waals surface area contributed by atoms with E-state index >= 15 is 0 Å². The molecule has 3 fully saturated rings. The molecular weight excluding hydrogens is 626 g/mol. The van der Waals surface area contributed by atoms with Gasteiger partial charge in [0.05, 0.1) is 11.9 Å². The van der Waals surface area contributed by atoms with Crippen molar-refractivity contribution in [3.63, 3.8) is 0 Å². The van der Waals surface area contributed by atoms with Gasteiger partial charge in [0.1, 0.15) is 9.40 Å². The molecule has 0 spiro atoms. The number of alkyl halides is 3. The largest absolute Gasteiger partial charge is 0.439 e. The van der Waals surface area contributed by atoms with Gasteiger partial charge in [-0.05, 0) is 71.4 Å². The molecule has 1 atom stereocenters. The Morgan fingerprint density at radius 2 is 1.69 bits per heavy atom. The molecule has 3 N–H and O–H groups in total. The van der Waals surface area contributed by atoms with Gasteiger partial charge in [0.25, 0.3) is 0 Å². The van der Waals surface area contributed by atoms with Gasteiger partial charge in [-0.1, -0.05) is 25.7 Å². The number of aromatic nitrogens is 1. The molecule has 4 heterocycles. The highest BCUT2D eigenvalue weighted by molar-refractivity contribution is 14.2. The first-order chi connectivity index (χ1) is 18.8. The number of nitrogens with zero attached hydrogens (tertiary/aromatic N) is 3. The number of likely N-dealkylation sites (tertiary alicyclic amines) is 1. The summed E-state index contributed by atoms with van der Waals surface area (Å²) in [7, 11) is 0. The Morgan fingerprint density at radius 1 is 1.00 bits per heavy atom. The van der Waals surface area contributed by atoms with Crippen molar-refractivity contribution in [3.05, 3.63) is 27.7 Å². The molecule has 39 heavy (non-hydrogen) atoms. The second kappa shape index (κ2) is 12.7. The standard InChI is InChI=1S/C27H37F3IN5O3/c28-27(29,30)23-22(39-26(31-23)36-13-5-2-6-14-36)25(38)34-20-9-10-21(32-17-20)35-15-11-19(12-16-35)33-24(37)18-7-3-1-4-8-18/h9-10,17-19,25,34,38H,1-8,11-16H2,(H,33,37). The zero-order chi connectivity index (χ0) is 27.4. The summed E-state index contributed by atoms with van der Waals surface area (Å²) in [5.74, 6) is 0.656. The fraction of sp³-hybridized carbons (Fsp3) is 0.667. The van der Waals surface area contributed by atoms with Gasteiger partial charge >= 0.3 is 6.18 Å². The van der Waals surface area contributed by atoms with Crippen LogP contribution in [-0.4, -0.2) is 69.3 Å². The van der Waals surface area contributed by atoms with E-state index in [0.717, 1.165) is 76.7 Å². The summed E-state index contributed by atoms with van der Waals surface area (Å²) in [5.41, 5.74) is 0.406. The van der Waals surface area contributed by atoms with E-state index in [4.69, 9.17) is 4.74 Å². The van der Waals surface area contributed by atoms with E-state index in [2.05, 4.69) is 20.5 Å². The zero-order valence-corrected chi connectivity index (χ0v) is 24.1. The van der Waals surface area contributed by atoms with Crippen molar-refractivity contribution in [2.24, 2.45) is 5.92 Å². The van der Waals surface area contributed by atoms with Gasteiger partial charge in [-0.2, -0.15) is 13.2 Å². The molecule has 216 valence electrons. The van der Waals surface area contributed by atoms with E-state index in [9.17, 15) is 23.1 Å². The van der Waals surface area contributed by atoms with Gasteiger partial charge in [-0.3, -0.25) is 4.79 Å². The number of amides is 1. The fourth-order valence-electron chi connectivity index (χ4n) is 5.66. The fourth-order valence-corrected chi connectivity index (χ4v) is 8.27. The van der Waals surface area contributed by atoms with E-state index in [1.807, 2.05) is 4.90 Å². The molecule has 0 aromatic carbocycles. The van der Waals surface area contributed by atoms with Crippen molar-refractivity contribution in [1.82, 2.24) is 15.2 Å². The van der Waals surface area contributed by atoms with Crippen LogP contribution in [0.25, 0.3) is 0 Å². The molecular formula is C27H37F3IN5O3. The van der Waals surface area contributed by atoms with Crippen molar-refractivity contribution in [2.75, 3.05) is 36.4 Å². The molecule has 1 aromatic rings. The minimum absolute atomic E-state index is 0.155. The van der Waals surface area contributed by atoms with Crippen molar-refractivity contribution in [3.8, 4) is 0 Å². The number of ether oxygens (including phenoxy) is 1. The van der Waals surface area contributed by atoms with Crippen molar-refractivity contribution < 1.29 is 27.8 Å². The van der Waals surface area contributed by atoms with Gasteiger partial charge in [0.2, 0.25) is 9.73 Å². The van der Waals surface area contributed by atoms with Crippen LogP contribution in [0.5, 0.6) is 0 Å². The average molecular weight is 664 g/mol. The Labute approximate surface area is 237 Å². The number of piperidine rings is 2. The Kier molecular flexibility index (Phi) is 9.32. The normalized spacial score (nSPS) is 23.1. The number of rotatable bonds is 7. The first-order valence-electron chi connectivity index (χ1n) is 14.0. The smallest absolute Gasteiger partial charge is 0.425 e. The Morgan fingerprint density at radius 3 is 2.33 bits per heavy atom. The molecule has 0 radical (unpaired) electrons. The predicted molar refractivity (Wildman–Crippen MR) is 152 cm³/mol. The zero-order valence-electron chi connectivity index (χ0n) is 22.0. The summed E-state index contributed by atoms with van der Waals surface area (Å²) in [6.07, 6.45) is 5.42. The molecule has 3 aliphatic heterocycles. The van der Waals surface area contributed by atoms with Crippen LogP contribution < -0.4 is 15.5 Å². The molecule has 1 aliphatic carbocycles. The topological polar surface area (TPSA) is 90.0 Å². The third-order valence-corrected chi connectivity index (χ3v) is 10.9. The summed E-state index contributed by atoms with van der Waals surface area (Å²) < 4.78 is 46.6. The maximum Gasteiger partial charge on any atom is 0.425 e. The SMILES string of the molecule is O=C(NC1CCN(c2ccc(NC(O)C3=C(C(F)(F)F)I=C(N4CCCCC4)O3)cn2)CC1)C1CCCCC1. The highest BCUT2D eigenvalue weighted by atomic mass is 127. The van der Waals surface area contributed by atoms with Crippen LogP contribution >= 0.6 is 20.7 Å². The van der Waals surface area contributed by atoms with Crippen molar-refractivity contribution in [1.29, 1.82) is 0 Å². The van der Waals surface area contributed by atoms with Crippen LogP contribution in [0.15, 0.2) is 27.7 Å². The number of carbonyl (C=O) groups is 1. The number of aliphatic hydroxyl groups is 1. The van der Waals surface area contributed by atoms with Crippen LogP contribution in [0, 0.1) is 5.92 Å². The number of allylic oxidation sites excluding steroid dienone is 1. The predicted octanol–water partition coefficient (Wildman–Crippen LogP) is 4.83. The lowest BCUT2D eigenvalue weighted by atomic mass is 9.88. The molecule has 1 unspecified atom stereocenters. The van der Waals surface area contributed by atoms with E-state index in [-0.39, 0.29) is 17.9 Å². The Bertz CT molecular complexity index is 1060. The number of nitrogens with one attached hydrogen (secondary N) is 2. The molecule has 8 nitrogen and oxygen atoms in total. The second-order valence-corrected chi connectivity index (χ2v) is 13.3. The Hall–Kier alpha value is -1.93. The number of pyridine rings is 1. The van der Waals surface area contributed by atoms with Gasteiger partial charge < -0.3 is 25.4 Å². The molecule has 2 saturated heterocycles. The first-order valence-corrected chi connectivity index (χ1v) is 16.2. The number of aliphatic hydroxyl groups excluding tert-OH is 1. The van der Waals surface area contributed by atoms with Crippen molar-refractivity contribution >= 4 is 42.0 Å². The summed E-state index contributed by atoms with van der Waals surface area (Å²) in [6, 6.07) is 3.67. The molecule has 1 aromatic heterocycles. The van der Waals surface area contributed by atoms with Gasteiger partial charge in [-0.25, -0.2) is 9.88 Å². The number of carbonyl (C=O) groups excluding carboxylic acids is 1. The quantitative estimate of drug-likeness (QED) is 0.285. The van der Waals surface area contributed by atoms with Crippen LogP contribution in [0.4, 0.5) is 24.7 Å². The number of hydrogen-bond acceptors (Lipinski definition) is 7. The maximum absolute atomic E-state index is 13.8. The van der Waals surface area contributed by atoms with E-state index < -0.39 is 42.5 Å². The number of halogens is 4. The lowest BCUT2D eigenvalue weighted by Gasteiger charge is -2.34. The molecule has 4 aliphatic rings. The third-order valence-electron chi connectivity index (χ3n) is 7.88. The summed E-state index contributed by atoms with van der Waals surface area (Å²) >= 11 is -1.56. The molecule has 12 heteroatoms. The first kappa shape index (κ1) is 28.6. The van der Waals surface area contributed by atoms with Crippen molar-refractivity contribution in [2.45, 2.75) is 82.7 Å². The lowest BCUT2D eigenvalue weighted by molar-refractivity contribution is -0.126. The summed E-state index contributed by atoms with van der Waals surface area (Å²) in [4.78, 5) is 21.1. The monoisotopic (exact) mass is 663 g/mol. The van der Waals surface area contributed by atoms with Gasteiger partial charge in [0, 0.05) is 38.1 Å². The van der Waals surface area contributed by atoms with Crippen LogP contribution in [-0.2, 0) is 9.53 Å². The third kappa shape index (κ3) is 7.24. The van der Waals surface area contributed by atoms with E-state index in [1.165, 1.54) is 12.6 Å². The van der Waals surface area contributed by atoms with Crippen LogP contribution in [0.1, 0.15) is 64.2 Å². The average Bonchev–Trinajstić information content (AvgIpc) is 3.42. The van der Waals surface area contributed by atoms with E-state index in [1.54, 1.807) is 12.1 Å². The molecule has 1 saturated carbocycles. The van der Waals surface area contributed by atoms with E-state index in [0.29, 0.717) is 22.6 Å². The van der Waals surface area contributed by atoms with Gasteiger partial charge in [-0.15, -0.1) is 0 Å². The highest BCUT2D eigenvalue weighted by Gasteiger charge is 2.43. The highest BCUT2D eigenvalue weighted by Crippen LogP contribution is 2.44. The minimum Gasteiger partial charge on any atom is -0.439 e. The minimum atomic E-state index is -4.55. The van der Waals surface area contributed by atoms with Crippen LogP contribution in [0.3, 0.4) is 0 Å². The summed E-state index contributed by atoms with van der Waals surface area (Å²) in [5, 5.41) is 16.6. The lowest BCUT2D eigenvalue weighted by Crippen LogP contribution is -2.46. The Balaban J connectivity index is 1.14. The molecule has 0 bridgehead atoms. The second-order valence-electron chi connectivity index (χ2n) is 10.7. The van der Waals surface area contributed by atoms with Gasteiger partial charge in [0.15, 0.2) is 12.0 Å². The number of anilines is 2. The molecule has 1 amide bonds.